The average Bonchev–Trinajstić information content (AvgIpc) is 2.26. The largest absolute Gasteiger partial charge is 0.475 e. The molecule has 98 valence electrons. The fraction of sp³-hybridized carbons (Fsp3) is 0.300. The van der Waals surface area contributed by atoms with Crippen LogP contribution in [0.2, 0.25) is 0 Å². The van der Waals surface area contributed by atoms with Gasteiger partial charge in [-0.1, -0.05) is 0 Å². The zero-order valence-corrected chi connectivity index (χ0v) is 9.15. The van der Waals surface area contributed by atoms with Crippen molar-refractivity contribution in [3.63, 3.8) is 0 Å². The highest BCUT2D eigenvalue weighted by atomic mass is 19.3. The normalized spacial score (nSPS) is 12.9. The number of aryl methyl sites for hydroxylation is 1. The average molecular weight is 262 g/mol. The Balaban J connectivity index is 2.87. The molecule has 0 aromatic carbocycles. The smallest absolute Gasteiger partial charge is 0.375 e. The Hall–Kier alpha value is -2.12. The van der Waals surface area contributed by atoms with Gasteiger partial charge in [-0.15, -0.1) is 0 Å². The number of carboxylic acid groups (broad SMARTS) is 1. The SMILES string of the molecule is Cc1cncc(NC(F)(F)C(F)C(=O)C(=O)O)c1. The van der Waals surface area contributed by atoms with Crippen LogP contribution in [0.4, 0.5) is 18.9 Å². The van der Waals surface area contributed by atoms with E-state index in [2.05, 4.69) is 4.98 Å². The highest BCUT2D eigenvalue weighted by Gasteiger charge is 2.47. The number of rotatable bonds is 5. The van der Waals surface area contributed by atoms with Crippen molar-refractivity contribution in [3.05, 3.63) is 24.0 Å². The van der Waals surface area contributed by atoms with E-state index in [1.165, 1.54) is 17.6 Å². The number of hydrogen-bond acceptors (Lipinski definition) is 4. The molecular formula is C10H9F3N2O3. The standard InChI is InChI=1S/C10H9F3N2O3/c1-5-2-6(4-14-3-5)15-10(12,13)8(11)7(16)9(17)18/h2-4,8,15H,1H3,(H,17,18). The summed E-state index contributed by atoms with van der Waals surface area (Å²) in [5.74, 6) is -4.47. The lowest BCUT2D eigenvalue weighted by Gasteiger charge is -2.20. The summed E-state index contributed by atoms with van der Waals surface area (Å²) in [6.07, 6.45) is -1.09. The molecule has 1 atom stereocenters. The summed E-state index contributed by atoms with van der Waals surface area (Å²) in [5.41, 5.74) is 0.316. The summed E-state index contributed by atoms with van der Waals surface area (Å²) >= 11 is 0. The Morgan fingerprint density at radius 2 is 2.06 bits per heavy atom. The molecule has 1 unspecified atom stereocenters. The zero-order valence-electron chi connectivity index (χ0n) is 9.15. The van der Waals surface area contributed by atoms with E-state index < -0.39 is 24.0 Å². The highest BCUT2D eigenvalue weighted by Crippen LogP contribution is 2.25. The maximum Gasteiger partial charge on any atom is 0.375 e. The van der Waals surface area contributed by atoms with E-state index in [1.807, 2.05) is 0 Å². The van der Waals surface area contributed by atoms with Gasteiger partial charge in [0.25, 0.3) is 12.0 Å². The van der Waals surface area contributed by atoms with Crippen LogP contribution in [-0.4, -0.2) is 34.1 Å². The fourth-order valence-electron chi connectivity index (χ4n) is 1.15. The first-order valence-electron chi connectivity index (χ1n) is 4.73. The third kappa shape index (κ3) is 3.19. The molecule has 0 aliphatic heterocycles. The second-order valence-corrected chi connectivity index (χ2v) is 3.53. The molecule has 0 bridgehead atoms. The zero-order chi connectivity index (χ0) is 13.9. The Bertz CT molecular complexity index is 479. The van der Waals surface area contributed by atoms with E-state index in [9.17, 15) is 22.8 Å². The van der Waals surface area contributed by atoms with Gasteiger partial charge in [-0.2, -0.15) is 8.78 Å². The third-order valence-corrected chi connectivity index (χ3v) is 1.95. The first-order chi connectivity index (χ1) is 8.24. The van der Waals surface area contributed by atoms with E-state index in [-0.39, 0.29) is 5.69 Å². The number of carbonyl (C=O) groups excluding carboxylic acids is 1. The summed E-state index contributed by atoms with van der Waals surface area (Å²) in [7, 11) is 0. The Morgan fingerprint density at radius 3 is 2.56 bits per heavy atom. The van der Waals surface area contributed by atoms with Crippen LogP contribution in [0.5, 0.6) is 0 Å². The van der Waals surface area contributed by atoms with Crippen molar-refractivity contribution in [1.82, 2.24) is 4.98 Å². The molecular weight excluding hydrogens is 253 g/mol. The van der Waals surface area contributed by atoms with Gasteiger partial charge >= 0.3 is 12.0 Å². The minimum atomic E-state index is -4.33. The third-order valence-electron chi connectivity index (χ3n) is 1.95. The van der Waals surface area contributed by atoms with Gasteiger partial charge in [0, 0.05) is 6.20 Å². The van der Waals surface area contributed by atoms with Crippen LogP contribution < -0.4 is 5.32 Å². The predicted octanol–water partition coefficient (Wildman–Crippen LogP) is 1.39. The number of carbonyl (C=O) groups is 2. The minimum absolute atomic E-state index is 0.221. The second kappa shape index (κ2) is 5.03. The van der Waals surface area contributed by atoms with Gasteiger partial charge in [0.1, 0.15) is 0 Å². The number of Topliss-reactive ketones (excluding diaryl/α,β-unsaturated/α-hetero) is 1. The van der Waals surface area contributed by atoms with E-state index in [1.54, 1.807) is 6.92 Å². The molecule has 0 aliphatic rings. The monoisotopic (exact) mass is 262 g/mol. The molecule has 1 rings (SSSR count). The number of nitrogens with zero attached hydrogens (tertiary/aromatic N) is 1. The topological polar surface area (TPSA) is 79.3 Å². The van der Waals surface area contributed by atoms with Gasteiger partial charge in [0.15, 0.2) is 0 Å². The minimum Gasteiger partial charge on any atom is -0.475 e. The molecule has 0 aliphatic carbocycles. The number of aliphatic carboxylic acids is 1. The molecule has 0 radical (unpaired) electrons. The number of aromatic nitrogens is 1. The lowest BCUT2D eigenvalue weighted by Crippen LogP contribution is -2.45. The van der Waals surface area contributed by atoms with E-state index in [0.29, 0.717) is 5.56 Å². The lowest BCUT2D eigenvalue weighted by atomic mass is 10.2. The first kappa shape index (κ1) is 13.9. The number of ketones is 1. The molecule has 18 heavy (non-hydrogen) atoms. The number of nitrogens with one attached hydrogen (secondary N) is 1. The molecule has 0 amide bonds. The summed E-state index contributed by atoms with van der Waals surface area (Å²) in [4.78, 5) is 24.4. The number of anilines is 1. The molecule has 0 saturated carbocycles. The van der Waals surface area contributed by atoms with Crippen molar-refractivity contribution in [1.29, 1.82) is 0 Å². The number of pyridine rings is 1. The number of halogens is 3. The van der Waals surface area contributed by atoms with Gasteiger partial charge in [-0.3, -0.25) is 9.78 Å². The van der Waals surface area contributed by atoms with Crippen molar-refractivity contribution in [3.8, 4) is 0 Å². The summed E-state index contributed by atoms with van der Waals surface area (Å²) in [5, 5.41) is 9.60. The van der Waals surface area contributed by atoms with Gasteiger partial charge in [-0.25, -0.2) is 9.18 Å². The van der Waals surface area contributed by atoms with Crippen LogP contribution in [0.15, 0.2) is 18.5 Å². The number of alkyl halides is 3. The Labute approximate surface area is 99.6 Å². The quantitative estimate of drug-likeness (QED) is 0.619. The maximum absolute atomic E-state index is 13.2. The van der Waals surface area contributed by atoms with Crippen LogP contribution in [0, 0.1) is 6.92 Å². The van der Waals surface area contributed by atoms with E-state index in [4.69, 9.17) is 5.11 Å². The van der Waals surface area contributed by atoms with Crippen LogP contribution in [0.1, 0.15) is 5.56 Å². The Morgan fingerprint density at radius 1 is 1.44 bits per heavy atom. The van der Waals surface area contributed by atoms with Gasteiger partial charge in [0.05, 0.1) is 11.9 Å². The summed E-state index contributed by atoms with van der Waals surface area (Å²) in [6, 6.07) is -3.08. The van der Waals surface area contributed by atoms with Gasteiger partial charge in [-0.05, 0) is 18.6 Å². The molecule has 0 spiro atoms. The van der Waals surface area contributed by atoms with Crippen molar-refractivity contribution < 1.29 is 27.9 Å². The molecule has 2 N–H and O–H groups in total. The Kier molecular flexibility index (Phi) is 3.89. The van der Waals surface area contributed by atoms with E-state index in [0.717, 1.165) is 6.20 Å². The van der Waals surface area contributed by atoms with Gasteiger partial charge in [0.2, 0.25) is 0 Å². The van der Waals surface area contributed by atoms with Crippen molar-refractivity contribution in [2.75, 3.05) is 5.32 Å². The van der Waals surface area contributed by atoms with Crippen LogP contribution in [0.3, 0.4) is 0 Å². The van der Waals surface area contributed by atoms with Gasteiger partial charge < -0.3 is 10.4 Å². The molecule has 5 nitrogen and oxygen atoms in total. The van der Waals surface area contributed by atoms with Crippen molar-refractivity contribution in [2.24, 2.45) is 0 Å². The fourth-order valence-corrected chi connectivity index (χ4v) is 1.15. The van der Waals surface area contributed by atoms with Crippen molar-refractivity contribution in [2.45, 2.75) is 19.1 Å². The molecule has 0 saturated heterocycles. The van der Waals surface area contributed by atoms with Crippen molar-refractivity contribution >= 4 is 17.4 Å². The molecule has 1 aromatic rings. The molecule has 1 aromatic heterocycles. The number of hydrogen-bond donors (Lipinski definition) is 2. The van der Waals surface area contributed by atoms with Crippen LogP contribution in [0.25, 0.3) is 0 Å². The van der Waals surface area contributed by atoms with E-state index >= 15 is 0 Å². The first-order valence-corrected chi connectivity index (χ1v) is 4.73. The molecule has 8 heteroatoms. The van der Waals surface area contributed by atoms with Crippen LogP contribution >= 0.6 is 0 Å². The predicted molar refractivity (Wildman–Crippen MR) is 55.1 cm³/mol. The molecule has 0 fully saturated rings. The lowest BCUT2D eigenvalue weighted by molar-refractivity contribution is -0.158. The summed E-state index contributed by atoms with van der Waals surface area (Å²) in [6.45, 7) is 1.58. The maximum atomic E-state index is 13.2. The number of carboxylic acids is 1. The highest BCUT2D eigenvalue weighted by molar-refractivity contribution is 6.34. The molecule has 1 heterocycles. The summed E-state index contributed by atoms with van der Waals surface area (Å²) < 4.78 is 39.5. The second-order valence-electron chi connectivity index (χ2n) is 3.53. The van der Waals surface area contributed by atoms with Crippen LogP contribution in [-0.2, 0) is 9.59 Å².